The third-order valence-corrected chi connectivity index (χ3v) is 5.17. The van der Waals surface area contributed by atoms with Crippen molar-refractivity contribution >= 4 is 34.0 Å². The molecule has 7 nitrogen and oxygen atoms in total. The lowest BCUT2D eigenvalue weighted by molar-refractivity contribution is 0.760. The summed E-state index contributed by atoms with van der Waals surface area (Å²) in [5, 5.41) is 22.4. The number of aryl methyl sites for hydroxylation is 1. The Morgan fingerprint density at radius 2 is 2.03 bits per heavy atom. The minimum atomic E-state index is -0.269. The molecule has 0 aliphatic heterocycles. The number of hydrogen-bond acceptors (Lipinski definition) is 5. The highest BCUT2D eigenvalue weighted by Crippen LogP contribution is 2.30. The van der Waals surface area contributed by atoms with Crippen LogP contribution in [-0.4, -0.2) is 20.0 Å². The number of nitrogens with zero attached hydrogens (tertiary/aromatic N) is 4. The van der Waals surface area contributed by atoms with E-state index in [1.807, 2.05) is 19.2 Å². The number of hydrogen-bond donors (Lipinski definition) is 2. The summed E-state index contributed by atoms with van der Waals surface area (Å²) in [7, 11) is 1.81. The van der Waals surface area contributed by atoms with Crippen molar-refractivity contribution in [1.29, 1.82) is 5.26 Å². The summed E-state index contributed by atoms with van der Waals surface area (Å²) in [5.74, 6) is 0. The zero-order chi connectivity index (χ0) is 21.3. The summed E-state index contributed by atoms with van der Waals surface area (Å²) in [6.45, 7) is 0.200. The minimum Gasteiger partial charge on any atom is -0.325 e. The molecule has 0 unspecified atom stereocenters. The smallest absolute Gasteiger partial charge is 0.272 e. The second kappa shape index (κ2) is 7.95. The molecule has 2 aromatic heterocycles. The predicted molar refractivity (Wildman–Crippen MR) is 117 cm³/mol. The number of aromatic nitrogens is 4. The first-order valence-electron chi connectivity index (χ1n) is 9.13. The van der Waals surface area contributed by atoms with E-state index in [-0.39, 0.29) is 12.1 Å². The molecule has 0 saturated carbocycles. The first kappa shape index (κ1) is 19.6. The highest BCUT2D eigenvalue weighted by atomic mass is 35.5. The first-order valence-corrected chi connectivity index (χ1v) is 9.51. The molecular formula is C22H17ClN6O. The van der Waals surface area contributed by atoms with Crippen molar-refractivity contribution < 1.29 is 0 Å². The van der Waals surface area contributed by atoms with Crippen molar-refractivity contribution in [2.45, 2.75) is 6.54 Å². The molecule has 0 amide bonds. The maximum absolute atomic E-state index is 12.1. The van der Waals surface area contributed by atoms with Gasteiger partial charge in [-0.3, -0.25) is 9.48 Å². The summed E-state index contributed by atoms with van der Waals surface area (Å²) in [6, 6.07) is 14.8. The van der Waals surface area contributed by atoms with E-state index in [0.29, 0.717) is 27.1 Å². The second-order valence-corrected chi connectivity index (χ2v) is 7.14. The molecule has 4 aromatic rings. The number of H-pyrrole nitrogens is 1. The van der Waals surface area contributed by atoms with Crippen LogP contribution < -0.4 is 11.3 Å². The molecule has 148 valence electrons. The van der Waals surface area contributed by atoms with E-state index in [2.05, 4.69) is 21.4 Å². The van der Waals surface area contributed by atoms with Crippen LogP contribution in [-0.2, 0) is 13.6 Å². The number of allylic oxidation sites excluding steroid dienone is 1. The van der Waals surface area contributed by atoms with Crippen LogP contribution >= 0.6 is 11.6 Å². The topological polar surface area (TPSA) is 113 Å². The average Bonchev–Trinajstić information content (AvgIpc) is 3.13. The van der Waals surface area contributed by atoms with Crippen LogP contribution in [0, 0.1) is 11.3 Å². The van der Waals surface area contributed by atoms with Crippen LogP contribution in [0.1, 0.15) is 17.0 Å². The van der Waals surface area contributed by atoms with Crippen LogP contribution in [0.3, 0.4) is 0 Å². The van der Waals surface area contributed by atoms with E-state index in [9.17, 15) is 10.1 Å². The van der Waals surface area contributed by atoms with Gasteiger partial charge in [-0.1, -0.05) is 29.8 Å². The Morgan fingerprint density at radius 1 is 1.27 bits per heavy atom. The molecule has 0 saturated heterocycles. The molecule has 3 N–H and O–H groups in total. The molecule has 0 aliphatic rings. The van der Waals surface area contributed by atoms with Crippen LogP contribution in [0.4, 0.5) is 0 Å². The van der Waals surface area contributed by atoms with E-state index < -0.39 is 0 Å². The SMILES string of the molecule is Cn1ncc(-c2ccc3c(=O)[nH]nc(CN)c3c2)c1/C=C(\C#N)c1ccc(Cl)cc1. The summed E-state index contributed by atoms with van der Waals surface area (Å²) in [5.41, 5.74) is 9.79. The highest BCUT2D eigenvalue weighted by molar-refractivity contribution is 6.30. The molecular weight excluding hydrogens is 400 g/mol. The number of halogens is 1. The van der Waals surface area contributed by atoms with Crippen molar-refractivity contribution in [3.63, 3.8) is 0 Å². The monoisotopic (exact) mass is 416 g/mol. The molecule has 0 aliphatic carbocycles. The van der Waals surface area contributed by atoms with Gasteiger partial charge in [0.15, 0.2) is 0 Å². The molecule has 30 heavy (non-hydrogen) atoms. The molecule has 0 radical (unpaired) electrons. The number of rotatable bonds is 4. The van der Waals surface area contributed by atoms with E-state index in [1.54, 1.807) is 47.3 Å². The Balaban J connectivity index is 1.88. The number of benzene rings is 2. The lowest BCUT2D eigenvalue weighted by atomic mass is 9.99. The predicted octanol–water partition coefficient (Wildman–Crippen LogP) is 3.50. The van der Waals surface area contributed by atoms with Gasteiger partial charge in [0, 0.05) is 29.6 Å². The fraction of sp³-hybridized carbons (Fsp3) is 0.0909. The molecule has 8 heteroatoms. The fourth-order valence-corrected chi connectivity index (χ4v) is 3.46. The largest absolute Gasteiger partial charge is 0.325 e. The van der Waals surface area contributed by atoms with Gasteiger partial charge in [0.2, 0.25) is 0 Å². The normalized spacial score (nSPS) is 11.6. The standard InChI is InChI=1S/C22H17ClN6O/c1-29-21(9-15(10-24)13-2-5-16(23)6-3-13)19(12-26-29)14-4-7-17-18(8-14)20(11-25)27-28-22(17)30/h2-9,12H,11,25H2,1H3,(H,28,30)/b15-9+. The quantitative estimate of drug-likeness (QED) is 0.494. The molecule has 0 spiro atoms. The highest BCUT2D eigenvalue weighted by Gasteiger charge is 2.14. The van der Waals surface area contributed by atoms with E-state index in [4.69, 9.17) is 17.3 Å². The lowest BCUT2D eigenvalue weighted by Gasteiger charge is -2.07. The van der Waals surface area contributed by atoms with Crippen molar-refractivity contribution in [2.75, 3.05) is 0 Å². The van der Waals surface area contributed by atoms with Crippen molar-refractivity contribution in [3.05, 3.63) is 81.0 Å². The molecule has 4 rings (SSSR count). The summed E-state index contributed by atoms with van der Waals surface area (Å²) < 4.78 is 1.70. The van der Waals surface area contributed by atoms with Crippen LogP contribution in [0.2, 0.25) is 5.02 Å². The van der Waals surface area contributed by atoms with Gasteiger partial charge in [0.25, 0.3) is 5.56 Å². The van der Waals surface area contributed by atoms with E-state index in [0.717, 1.165) is 22.4 Å². The third kappa shape index (κ3) is 3.50. The molecule has 2 aromatic carbocycles. The van der Waals surface area contributed by atoms with E-state index in [1.165, 1.54) is 0 Å². The van der Waals surface area contributed by atoms with Gasteiger partial charge in [-0.05, 0) is 41.5 Å². The maximum Gasteiger partial charge on any atom is 0.272 e. The molecule has 0 fully saturated rings. The Bertz CT molecular complexity index is 1380. The number of nitrogens with one attached hydrogen (secondary N) is 1. The molecule has 0 atom stereocenters. The van der Waals surface area contributed by atoms with Crippen LogP contribution in [0.15, 0.2) is 53.5 Å². The van der Waals surface area contributed by atoms with Crippen LogP contribution in [0.25, 0.3) is 33.5 Å². The Kier molecular flexibility index (Phi) is 5.19. The average molecular weight is 417 g/mol. The first-order chi connectivity index (χ1) is 14.5. The van der Waals surface area contributed by atoms with Gasteiger partial charge in [-0.25, -0.2) is 5.10 Å². The van der Waals surface area contributed by atoms with Crippen molar-refractivity contribution in [1.82, 2.24) is 20.0 Å². The zero-order valence-electron chi connectivity index (χ0n) is 16.1. The zero-order valence-corrected chi connectivity index (χ0v) is 16.8. The van der Waals surface area contributed by atoms with Crippen molar-refractivity contribution in [2.24, 2.45) is 12.8 Å². The molecule has 2 heterocycles. The summed E-state index contributed by atoms with van der Waals surface area (Å²) in [6.07, 6.45) is 3.52. The van der Waals surface area contributed by atoms with Crippen LogP contribution in [0.5, 0.6) is 0 Å². The Labute approximate surface area is 177 Å². The lowest BCUT2D eigenvalue weighted by Crippen LogP contribution is -2.13. The Morgan fingerprint density at radius 3 is 2.73 bits per heavy atom. The third-order valence-electron chi connectivity index (χ3n) is 4.91. The Hall–Kier alpha value is -3.73. The maximum atomic E-state index is 12.1. The number of nitriles is 1. The van der Waals surface area contributed by atoms with E-state index >= 15 is 0 Å². The van der Waals surface area contributed by atoms with Gasteiger partial charge in [0.1, 0.15) is 0 Å². The van der Waals surface area contributed by atoms with Gasteiger partial charge in [-0.15, -0.1) is 0 Å². The number of fused-ring (bicyclic) bond motifs is 1. The van der Waals surface area contributed by atoms with Gasteiger partial charge >= 0.3 is 0 Å². The number of aromatic amines is 1. The van der Waals surface area contributed by atoms with Gasteiger partial charge in [-0.2, -0.15) is 15.5 Å². The number of nitrogens with two attached hydrogens (primary N) is 1. The minimum absolute atomic E-state index is 0.200. The fourth-order valence-electron chi connectivity index (χ4n) is 3.33. The van der Waals surface area contributed by atoms with Gasteiger partial charge < -0.3 is 5.73 Å². The van der Waals surface area contributed by atoms with Gasteiger partial charge in [0.05, 0.1) is 34.6 Å². The second-order valence-electron chi connectivity index (χ2n) is 6.71. The molecule has 0 bridgehead atoms. The summed E-state index contributed by atoms with van der Waals surface area (Å²) >= 11 is 5.96. The summed E-state index contributed by atoms with van der Waals surface area (Å²) in [4.78, 5) is 12.1. The van der Waals surface area contributed by atoms with Crippen molar-refractivity contribution in [3.8, 4) is 17.2 Å².